The minimum atomic E-state index is -3.72. The molecule has 0 rings (SSSR count). The highest BCUT2D eigenvalue weighted by Crippen LogP contribution is 2.38. The Kier molecular flexibility index (Phi) is 4.33. The van der Waals surface area contributed by atoms with Crippen molar-refractivity contribution < 1.29 is 24.3 Å². The summed E-state index contributed by atoms with van der Waals surface area (Å²) in [5, 5.41) is 18.5. The summed E-state index contributed by atoms with van der Waals surface area (Å²) in [4.78, 5) is 8.76. The summed E-state index contributed by atoms with van der Waals surface area (Å²) in [5.74, 6) is 0. The van der Waals surface area contributed by atoms with E-state index in [2.05, 4.69) is 4.62 Å². The van der Waals surface area contributed by atoms with Crippen LogP contribution in [0.4, 0.5) is 0 Å². The van der Waals surface area contributed by atoms with Gasteiger partial charge in [-0.25, -0.2) is 4.62 Å². The first-order chi connectivity index (χ1) is 5.24. The molecule has 0 saturated heterocycles. The Morgan fingerprint density at radius 2 is 1.67 bits per heavy atom. The summed E-state index contributed by atoms with van der Waals surface area (Å²) in [6.07, 6.45) is -2.30. The van der Waals surface area contributed by atoms with Crippen LogP contribution in [0.5, 0.6) is 0 Å². The molecule has 0 aliphatic rings. The van der Waals surface area contributed by atoms with E-state index in [1.165, 1.54) is 13.8 Å². The molecule has 3 N–H and O–H groups in total. The minimum absolute atomic E-state index is 0.640. The lowest BCUT2D eigenvalue weighted by Gasteiger charge is -2.27. The van der Waals surface area contributed by atoms with Gasteiger partial charge in [-0.15, -0.1) is 5.06 Å². The molecule has 0 aliphatic heterocycles. The van der Waals surface area contributed by atoms with Crippen LogP contribution < -0.4 is 0 Å². The van der Waals surface area contributed by atoms with E-state index in [1.807, 2.05) is 0 Å². The topological polar surface area (TPSA) is 90.2 Å². The maximum absolute atomic E-state index is 10.7. The highest BCUT2D eigenvalue weighted by Gasteiger charge is 2.24. The number of rotatable bonds is 4. The molecule has 0 fully saturated rings. The standard InChI is InChI=1S/C5H14NO5P/c1-4(7)6(5(2)8)11-12(3,9)10/h4-5,7-8H,1-3H3,(H,9,10). The third-order valence-corrected chi connectivity index (χ3v) is 1.47. The Morgan fingerprint density at radius 1 is 1.33 bits per heavy atom. The average Bonchev–Trinajstić information content (AvgIpc) is 1.79. The van der Waals surface area contributed by atoms with E-state index in [1.54, 1.807) is 0 Å². The van der Waals surface area contributed by atoms with Gasteiger partial charge in [0.2, 0.25) is 0 Å². The van der Waals surface area contributed by atoms with Gasteiger partial charge < -0.3 is 15.1 Å². The molecule has 3 atom stereocenters. The van der Waals surface area contributed by atoms with Crippen LogP contribution in [0.2, 0.25) is 0 Å². The predicted octanol–water partition coefficient (Wildman–Crippen LogP) is -0.288. The fourth-order valence-electron chi connectivity index (χ4n) is 0.624. The normalized spacial score (nSPS) is 21.9. The van der Waals surface area contributed by atoms with Crippen LogP contribution in [-0.2, 0) is 9.19 Å². The van der Waals surface area contributed by atoms with Gasteiger partial charge in [-0.1, -0.05) is 0 Å². The third-order valence-electron chi connectivity index (χ3n) is 0.982. The van der Waals surface area contributed by atoms with Gasteiger partial charge in [0, 0.05) is 6.66 Å². The molecule has 0 bridgehead atoms. The van der Waals surface area contributed by atoms with E-state index < -0.39 is 20.1 Å². The number of aliphatic hydroxyl groups is 2. The first-order valence-electron chi connectivity index (χ1n) is 3.38. The van der Waals surface area contributed by atoms with Gasteiger partial charge in [-0.3, -0.25) is 4.57 Å². The quantitative estimate of drug-likeness (QED) is 0.327. The highest BCUT2D eigenvalue weighted by molar-refractivity contribution is 7.51. The Bertz CT molecular complexity index is 169. The van der Waals surface area contributed by atoms with E-state index in [9.17, 15) is 4.57 Å². The second kappa shape index (κ2) is 4.32. The molecule has 0 aromatic carbocycles. The number of aliphatic hydroxyl groups excluding tert-OH is 2. The monoisotopic (exact) mass is 199 g/mol. The molecular weight excluding hydrogens is 185 g/mol. The Balaban J connectivity index is 4.25. The molecule has 0 aromatic rings. The summed E-state index contributed by atoms with van der Waals surface area (Å²) in [6.45, 7) is 3.58. The zero-order valence-electron chi connectivity index (χ0n) is 7.21. The van der Waals surface area contributed by atoms with Crippen molar-refractivity contribution in [3.8, 4) is 0 Å². The second-order valence-electron chi connectivity index (χ2n) is 2.51. The molecule has 0 aromatic heterocycles. The number of hydroxylamine groups is 2. The molecular formula is C5H14NO5P. The van der Waals surface area contributed by atoms with Crippen molar-refractivity contribution >= 4 is 7.60 Å². The smallest absolute Gasteiger partial charge is 0.341 e. The van der Waals surface area contributed by atoms with Gasteiger partial charge in [0.1, 0.15) is 12.5 Å². The van der Waals surface area contributed by atoms with Crippen LogP contribution in [0.1, 0.15) is 13.8 Å². The Morgan fingerprint density at radius 3 is 1.75 bits per heavy atom. The molecule has 0 saturated carbocycles. The molecule has 0 spiro atoms. The van der Waals surface area contributed by atoms with Crippen molar-refractivity contribution in [2.75, 3.05) is 6.66 Å². The van der Waals surface area contributed by atoms with Crippen LogP contribution in [-0.4, -0.2) is 39.3 Å². The van der Waals surface area contributed by atoms with Crippen LogP contribution >= 0.6 is 7.60 Å². The second-order valence-corrected chi connectivity index (χ2v) is 4.28. The molecule has 0 amide bonds. The van der Waals surface area contributed by atoms with Crippen molar-refractivity contribution in [1.82, 2.24) is 5.06 Å². The summed E-state index contributed by atoms with van der Waals surface area (Å²) in [5.41, 5.74) is 0. The van der Waals surface area contributed by atoms with Gasteiger partial charge >= 0.3 is 7.60 Å². The largest absolute Gasteiger partial charge is 0.376 e. The van der Waals surface area contributed by atoms with Crippen molar-refractivity contribution in [3.63, 3.8) is 0 Å². The lowest BCUT2D eigenvalue weighted by Crippen LogP contribution is -2.39. The molecule has 0 aliphatic carbocycles. The van der Waals surface area contributed by atoms with Crippen molar-refractivity contribution in [2.24, 2.45) is 0 Å². The first kappa shape index (κ1) is 12.0. The van der Waals surface area contributed by atoms with Crippen molar-refractivity contribution in [3.05, 3.63) is 0 Å². The van der Waals surface area contributed by atoms with E-state index in [-0.39, 0.29) is 0 Å². The zero-order chi connectivity index (χ0) is 9.94. The molecule has 0 heterocycles. The van der Waals surface area contributed by atoms with Crippen molar-refractivity contribution in [2.45, 2.75) is 26.3 Å². The molecule has 6 nitrogen and oxygen atoms in total. The van der Waals surface area contributed by atoms with Gasteiger partial charge in [0.05, 0.1) is 0 Å². The molecule has 12 heavy (non-hydrogen) atoms. The van der Waals surface area contributed by atoms with E-state index in [0.29, 0.717) is 5.06 Å². The average molecular weight is 199 g/mol. The highest BCUT2D eigenvalue weighted by atomic mass is 31.2. The summed E-state index contributed by atoms with van der Waals surface area (Å²) >= 11 is 0. The number of hydrogen-bond acceptors (Lipinski definition) is 5. The number of nitrogens with zero attached hydrogens (tertiary/aromatic N) is 1. The lowest BCUT2D eigenvalue weighted by atomic mass is 10.5. The van der Waals surface area contributed by atoms with E-state index in [0.717, 1.165) is 6.66 Å². The van der Waals surface area contributed by atoms with Crippen molar-refractivity contribution in [1.29, 1.82) is 0 Å². The predicted molar refractivity (Wildman–Crippen MR) is 42.0 cm³/mol. The first-order valence-corrected chi connectivity index (χ1v) is 5.41. The van der Waals surface area contributed by atoms with E-state index in [4.69, 9.17) is 15.1 Å². The Labute approximate surface area is 70.9 Å². The summed E-state index contributed by atoms with van der Waals surface area (Å²) in [7, 11) is -3.72. The van der Waals surface area contributed by atoms with E-state index >= 15 is 0 Å². The molecule has 74 valence electrons. The molecule has 0 radical (unpaired) electrons. The molecule has 3 unspecified atom stereocenters. The maximum atomic E-state index is 10.7. The lowest BCUT2D eigenvalue weighted by molar-refractivity contribution is -0.239. The van der Waals surface area contributed by atoms with Gasteiger partial charge in [0.15, 0.2) is 0 Å². The van der Waals surface area contributed by atoms with Gasteiger partial charge in [0.25, 0.3) is 0 Å². The van der Waals surface area contributed by atoms with Gasteiger partial charge in [-0.05, 0) is 13.8 Å². The fourth-order valence-corrected chi connectivity index (χ4v) is 1.25. The SMILES string of the molecule is CC(O)N(OP(C)(=O)O)C(C)O. The van der Waals surface area contributed by atoms with Crippen LogP contribution in [0.25, 0.3) is 0 Å². The summed E-state index contributed by atoms with van der Waals surface area (Å²) in [6, 6.07) is 0. The van der Waals surface area contributed by atoms with Crippen LogP contribution in [0.3, 0.4) is 0 Å². The molecule has 7 heteroatoms. The summed E-state index contributed by atoms with van der Waals surface area (Å²) < 4.78 is 15.1. The Hall–Kier alpha value is 0.0300. The fraction of sp³-hybridized carbons (Fsp3) is 1.00. The third kappa shape index (κ3) is 4.82. The minimum Gasteiger partial charge on any atom is -0.376 e. The maximum Gasteiger partial charge on any atom is 0.341 e. The zero-order valence-corrected chi connectivity index (χ0v) is 8.10. The van der Waals surface area contributed by atoms with Crippen LogP contribution in [0.15, 0.2) is 0 Å². The van der Waals surface area contributed by atoms with Gasteiger partial charge in [-0.2, -0.15) is 0 Å². The number of hydrogen-bond donors (Lipinski definition) is 3. The van der Waals surface area contributed by atoms with Crippen LogP contribution in [0, 0.1) is 0 Å².